The number of hydrogen-bond donors (Lipinski definition) is 1. The summed E-state index contributed by atoms with van der Waals surface area (Å²) in [6, 6.07) is 3.21. The van der Waals surface area contributed by atoms with Crippen molar-refractivity contribution in [3.63, 3.8) is 0 Å². The van der Waals surface area contributed by atoms with Crippen LogP contribution in [0.5, 0.6) is 0 Å². The normalized spacial score (nSPS) is 17.1. The van der Waals surface area contributed by atoms with Crippen molar-refractivity contribution in [2.75, 3.05) is 13.1 Å². The van der Waals surface area contributed by atoms with Crippen LogP contribution in [0.25, 0.3) is 0 Å². The summed E-state index contributed by atoms with van der Waals surface area (Å²) in [7, 11) is 0. The number of rotatable bonds is 3. The van der Waals surface area contributed by atoms with Gasteiger partial charge in [-0.15, -0.1) is 11.8 Å². The van der Waals surface area contributed by atoms with Crippen molar-refractivity contribution in [3.05, 3.63) is 33.9 Å². The summed E-state index contributed by atoms with van der Waals surface area (Å²) in [6.45, 7) is 1.69. The van der Waals surface area contributed by atoms with Gasteiger partial charge >= 0.3 is 6.18 Å². The van der Waals surface area contributed by atoms with Gasteiger partial charge in [-0.2, -0.15) is 13.2 Å². The fourth-order valence-electron chi connectivity index (χ4n) is 2.08. The monoisotopic (exact) mass is 306 g/mol. The highest BCUT2D eigenvalue weighted by Gasteiger charge is 2.38. The van der Waals surface area contributed by atoms with Crippen molar-refractivity contribution in [1.82, 2.24) is 5.32 Å². The van der Waals surface area contributed by atoms with E-state index in [1.54, 1.807) is 0 Å². The van der Waals surface area contributed by atoms with Crippen molar-refractivity contribution in [1.29, 1.82) is 0 Å². The van der Waals surface area contributed by atoms with Crippen LogP contribution in [0.1, 0.15) is 18.4 Å². The van der Waals surface area contributed by atoms with Crippen molar-refractivity contribution in [2.24, 2.45) is 0 Å². The molecule has 0 saturated carbocycles. The second kappa shape index (κ2) is 6.01. The number of nitrogens with zero attached hydrogens (tertiary/aromatic N) is 1. The van der Waals surface area contributed by atoms with Crippen LogP contribution in [0, 0.1) is 10.1 Å². The molecule has 0 atom stereocenters. The minimum absolute atomic E-state index is 0.249. The number of benzene rings is 1. The smallest absolute Gasteiger partial charge is 0.317 e. The minimum atomic E-state index is -4.72. The molecule has 0 spiro atoms. The van der Waals surface area contributed by atoms with Gasteiger partial charge in [-0.05, 0) is 38.1 Å². The van der Waals surface area contributed by atoms with E-state index in [0.717, 1.165) is 38.1 Å². The Morgan fingerprint density at radius 1 is 1.30 bits per heavy atom. The lowest BCUT2D eigenvalue weighted by atomic mass is 10.1. The molecular weight excluding hydrogens is 293 g/mol. The van der Waals surface area contributed by atoms with Gasteiger partial charge in [0.05, 0.1) is 4.92 Å². The van der Waals surface area contributed by atoms with E-state index in [4.69, 9.17) is 0 Å². The number of alkyl halides is 3. The predicted octanol–water partition coefficient (Wildman–Crippen LogP) is 3.46. The van der Waals surface area contributed by atoms with Gasteiger partial charge < -0.3 is 5.32 Å². The first kappa shape index (κ1) is 15.1. The van der Waals surface area contributed by atoms with E-state index < -0.39 is 22.4 Å². The van der Waals surface area contributed by atoms with Gasteiger partial charge in [0, 0.05) is 16.2 Å². The third kappa shape index (κ3) is 3.63. The number of hydrogen-bond acceptors (Lipinski definition) is 4. The summed E-state index contributed by atoms with van der Waals surface area (Å²) < 4.78 is 38.5. The summed E-state index contributed by atoms with van der Waals surface area (Å²) >= 11 is 1.35. The Labute approximate surface area is 117 Å². The Morgan fingerprint density at radius 2 is 1.95 bits per heavy atom. The Bertz CT molecular complexity index is 502. The number of nitrogens with one attached hydrogen (secondary N) is 1. The van der Waals surface area contributed by atoms with Crippen molar-refractivity contribution in [3.8, 4) is 0 Å². The van der Waals surface area contributed by atoms with Crippen LogP contribution in [0.15, 0.2) is 23.1 Å². The van der Waals surface area contributed by atoms with Crippen LogP contribution in [0.2, 0.25) is 0 Å². The largest absolute Gasteiger partial charge is 0.423 e. The molecule has 1 aromatic rings. The summed E-state index contributed by atoms with van der Waals surface area (Å²) in [6.07, 6.45) is -2.96. The quantitative estimate of drug-likeness (QED) is 0.686. The Balaban J connectivity index is 2.25. The van der Waals surface area contributed by atoms with E-state index in [9.17, 15) is 23.3 Å². The molecule has 110 valence electrons. The molecule has 1 saturated heterocycles. The molecule has 4 nitrogen and oxygen atoms in total. The zero-order valence-corrected chi connectivity index (χ0v) is 11.3. The highest BCUT2D eigenvalue weighted by Crippen LogP contribution is 2.39. The number of thioether (sulfide) groups is 1. The lowest BCUT2D eigenvalue weighted by Gasteiger charge is -2.22. The van der Waals surface area contributed by atoms with Crippen molar-refractivity contribution in [2.45, 2.75) is 29.2 Å². The summed E-state index contributed by atoms with van der Waals surface area (Å²) in [5.74, 6) is 0. The molecule has 0 bridgehead atoms. The van der Waals surface area contributed by atoms with Crippen molar-refractivity contribution >= 4 is 17.4 Å². The Kier molecular flexibility index (Phi) is 4.54. The Morgan fingerprint density at radius 3 is 2.50 bits per heavy atom. The third-order valence-electron chi connectivity index (χ3n) is 3.06. The molecule has 0 unspecified atom stereocenters. The molecule has 2 rings (SSSR count). The lowest BCUT2D eigenvalue weighted by Crippen LogP contribution is -2.29. The maximum absolute atomic E-state index is 12.8. The molecule has 0 aromatic heterocycles. The summed E-state index contributed by atoms with van der Waals surface area (Å²) in [4.78, 5) is 10.1. The molecule has 8 heteroatoms. The number of nitro groups is 1. The molecule has 0 aliphatic carbocycles. The zero-order valence-electron chi connectivity index (χ0n) is 10.4. The topological polar surface area (TPSA) is 55.2 Å². The first-order valence-corrected chi connectivity index (χ1v) is 6.99. The fourth-order valence-corrected chi connectivity index (χ4v) is 3.27. The third-order valence-corrected chi connectivity index (χ3v) is 4.39. The maximum atomic E-state index is 12.8. The second-order valence-electron chi connectivity index (χ2n) is 4.50. The average molecular weight is 306 g/mol. The first-order valence-electron chi connectivity index (χ1n) is 6.11. The minimum Gasteiger partial charge on any atom is -0.317 e. The van der Waals surface area contributed by atoms with Gasteiger partial charge in [0.25, 0.3) is 5.69 Å². The molecule has 1 heterocycles. The van der Waals surface area contributed by atoms with Crippen LogP contribution in [0.4, 0.5) is 18.9 Å². The van der Waals surface area contributed by atoms with Gasteiger partial charge in [0.1, 0.15) is 5.56 Å². The molecular formula is C12H13F3N2O2S. The van der Waals surface area contributed by atoms with Gasteiger partial charge in [-0.25, -0.2) is 0 Å². The number of halogens is 3. The van der Waals surface area contributed by atoms with Crippen molar-refractivity contribution < 1.29 is 18.1 Å². The van der Waals surface area contributed by atoms with Gasteiger partial charge in [0.15, 0.2) is 0 Å². The molecule has 1 N–H and O–H groups in total. The molecule has 1 aromatic carbocycles. The van der Waals surface area contributed by atoms with Gasteiger partial charge in [0.2, 0.25) is 0 Å². The van der Waals surface area contributed by atoms with Crippen LogP contribution in [-0.2, 0) is 6.18 Å². The molecule has 1 aliphatic rings. The van der Waals surface area contributed by atoms with E-state index >= 15 is 0 Å². The average Bonchev–Trinajstić information content (AvgIpc) is 2.38. The first-order chi connectivity index (χ1) is 9.38. The highest BCUT2D eigenvalue weighted by atomic mass is 32.2. The predicted molar refractivity (Wildman–Crippen MR) is 69.8 cm³/mol. The number of nitro benzene ring substituents is 1. The molecule has 0 radical (unpaired) electrons. The molecule has 0 amide bonds. The summed E-state index contributed by atoms with van der Waals surface area (Å²) in [5.41, 5.74) is -2.08. The molecule has 1 aliphatic heterocycles. The van der Waals surface area contributed by atoms with Gasteiger partial charge in [-0.3, -0.25) is 10.1 Å². The van der Waals surface area contributed by atoms with Gasteiger partial charge in [-0.1, -0.05) is 0 Å². The summed E-state index contributed by atoms with van der Waals surface area (Å²) in [5, 5.41) is 14.1. The molecule has 20 heavy (non-hydrogen) atoms. The fraction of sp³-hybridized carbons (Fsp3) is 0.500. The van der Waals surface area contributed by atoms with E-state index in [-0.39, 0.29) is 5.25 Å². The maximum Gasteiger partial charge on any atom is 0.423 e. The zero-order chi connectivity index (χ0) is 14.8. The Hall–Kier alpha value is -1.28. The second-order valence-corrected chi connectivity index (χ2v) is 5.87. The van der Waals surface area contributed by atoms with E-state index in [0.29, 0.717) is 4.90 Å². The highest BCUT2D eigenvalue weighted by molar-refractivity contribution is 8.00. The van der Waals surface area contributed by atoms with Crippen LogP contribution in [-0.4, -0.2) is 23.3 Å². The lowest BCUT2D eigenvalue weighted by molar-refractivity contribution is -0.388. The van der Waals surface area contributed by atoms with Crippen LogP contribution < -0.4 is 5.32 Å². The van der Waals surface area contributed by atoms with Crippen LogP contribution >= 0.6 is 11.8 Å². The SMILES string of the molecule is O=[N+]([O-])c1ccc(SC2CCNCC2)cc1C(F)(F)F. The standard InChI is InChI=1S/C12H13F3N2O2S/c13-12(14,15)10-7-9(1-2-11(10)17(18)19)20-8-3-5-16-6-4-8/h1-2,7-8,16H,3-6H2. The van der Waals surface area contributed by atoms with E-state index in [1.807, 2.05) is 0 Å². The van der Waals surface area contributed by atoms with E-state index in [2.05, 4.69) is 5.32 Å². The van der Waals surface area contributed by atoms with E-state index in [1.165, 1.54) is 17.8 Å². The molecule has 1 fully saturated rings. The van der Waals surface area contributed by atoms with Crippen LogP contribution in [0.3, 0.4) is 0 Å². The number of piperidine rings is 1.